The summed E-state index contributed by atoms with van der Waals surface area (Å²) in [5.41, 5.74) is 3.01. The minimum Gasteiger partial charge on any atom is -0.459 e. The van der Waals surface area contributed by atoms with E-state index in [1.54, 1.807) is 17.0 Å². The van der Waals surface area contributed by atoms with Crippen molar-refractivity contribution in [1.29, 1.82) is 0 Å². The number of carbonyl (C=O) groups excluding carboxylic acids is 1. The standard InChI is InChI=1S/C22H20N2O3/c25-22(21-12-7-13-26-21)24(15-17-8-3-1-4-9-17)16-19-14-20(23-27-19)18-10-5-2-6-11-18/h1-13,19H,14-16H2/t19-/m0/s1. The van der Waals surface area contributed by atoms with Gasteiger partial charge < -0.3 is 14.2 Å². The van der Waals surface area contributed by atoms with E-state index in [4.69, 9.17) is 9.25 Å². The second-order valence-electron chi connectivity index (χ2n) is 6.48. The van der Waals surface area contributed by atoms with Crippen LogP contribution >= 0.6 is 0 Å². The molecule has 0 radical (unpaired) electrons. The van der Waals surface area contributed by atoms with Gasteiger partial charge in [-0.2, -0.15) is 0 Å². The molecule has 3 aromatic rings. The Labute approximate surface area is 157 Å². The molecule has 0 aliphatic carbocycles. The zero-order valence-corrected chi connectivity index (χ0v) is 14.8. The maximum absolute atomic E-state index is 12.9. The third kappa shape index (κ3) is 4.08. The highest BCUT2D eigenvalue weighted by Gasteiger charge is 2.28. The molecule has 2 heterocycles. The van der Waals surface area contributed by atoms with E-state index in [9.17, 15) is 4.79 Å². The summed E-state index contributed by atoms with van der Waals surface area (Å²) < 4.78 is 5.31. The first-order chi connectivity index (χ1) is 13.3. The van der Waals surface area contributed by atoms with E-state index < -0.39 is 0 Å². The molecule has 27 heavy (non-hydrogen) atoms. The number of amides is 1. The van der Waals surface area contributed by atoms with Crippen LogP contribution in [0.5, 0.6) is 0 Å². The Morgan fingerprint density at radius 2 is 1.74 bits per heavy atom. The van der Waals surface area contributed by atoms with Gasteiger partial charge in [0.25, 0.3) is 5.91 Å². The van der Waals surface area contributed by atoms with Crippen LogP contribution in [-0.2, 0) is 11.4 Å². The highest BCUT2D eigenvalue weighted by Crippen LogP contribution is 2.20. The summed E-state index contributed by atoms with van der Waals surface area (Å²) in [6.07, 6.45) is 2.00. The maximum atomic E-state index is 12.9. The number of furan rings is 1. The molecule has 4 rings (SSSR count). The quantitative estimate of drug-likeness (QED) is 0.665. The van der Waals surface area contributed by atoms with E-state index in [0.717, 1.165) is 16.8 Å². The third-order valence-corrected chi connectivity index (χ3v) is 4.50. The first-order valence-electron chi connectivity index (χ1n) is 8.94. The molecule has 0 saturated carbocycles. The summed E-state index contributed by atoms with van der Waals surface area (Å²) in [6.45, 7) is 0.926. The molecule has 0 N–H and O–H groups in total. The molecule has 1 atom stereocenters. The lowest BCUT2D eigenvalue weighted by molar-refractivity contribution is 0.0387. The van der Waals surface area contributed by atoms with Gasteiger partial charge in [0.1, 0.15) is 0 Å². The second kappa shape index (κ2) is 7.91. The number of rotatable bonds is 6. The first-order valence-corrected chi connectivity index (χ1v) is 8.94. The molecule has 1 aliphatic rings. The van der Waals surface area contributed by atoms with E-state index in [1.807, 2.05) is 60.7 Å². The Kier molecular flexibility index (Phi) is 5.01. The van der Waals surface area contributed by atoms with Gasteiger partial charge in [-0.25, -0.2) is 0 Å². The van der Waals surface area contributed by atoms with Crippen molar-refractivity contribution < 1.29 is 14.0 Å². The minimum absolute atomic E-state index is 0.152. The second-order valence-corrected chi connectivity index (χ2v) is 6.48. The number of hydrogen-bond acceptors (Lipinski definition) is 4. The van der Waals surface area contributed by atoms with Crippen molar-refractivity contribution in [2.75, 3.05) is 6.54 Å². The SMILES string of the molecule is O=C(c1ccco1)N(Cc1ccccc1)C[C@@H]1CC(c2ccccc2)=NO1. The first kappa shape index (κ1) is 17.1. The van der Waals surface area contributed by atoms with Crippen LogP contribution in [0.3, 0.4) is 0 Å². The Bertz CT molecular complexity index is 905. The molecule has 0 saturated heterocycles. The summed E-state index contributed by atoms with van der Waals surface area (Å²) in [6, 6.07) is 23.3. The number of nitrogens with zero attached hydrogens (tertiary/aromatic N) is 2. The Balaban J connectivity index is 1.47. The van der Waals surface area contributed by atoms with E-state index in [-0.39, 0.29) is 12.0 Å². The molecule has 0 fully saturated rings. The summed E-state index contributed by atoms with van der Waals surface area (Å²) >= 11 is 0. The average Bonchev–Trinajstić information content (AvgIpc) is 3.41. The lowest BCUT2D eigenvalue weighted by Gasteiger charge is -2.24. The van der Waals surface area contributed by atoms with Crippen LogP contribution < -0.4 is 0 Å². The van der Waals surface area contributed by atoms with Crippen molar-refractivity contribution in [3.05, 3.63) is 95.9 Å². The largest absolute Gasteiger partial charge is 0.459 e. The van der Waals surface area contributed by atoms with Crippen molar-refractivity contribution in [1.82, 2.24) is 4.90 Å². The molecule has 1 aromatic heterocycles. The fraction of sp³-hybridized carbons (Fsp3) is 0.182. The summed E-state index contributed by atoms with van der Waals surface area (Å²) in [7, 11) is 0. The van der Waals surface area contributed by atoms with Crippen LogP contribution in [0.1, 0.15) is 28.1 Å². The minimum atomic E-state index is -0.178. The van der Waals surface area contributed by atoms with E-state index in [1.165, 1.54) is 6.26 Å². The number of hydrogen-bond donors (Lipinski definition) is 0. The molecule has 1 aliphatic heterocycles. The smallest absolute Gasteiger partial charge is 0.289 e. The monoisotopic (exact) mass is 360 g/mol. The van der Waals surface area contributed by atoms with Crippen molar-refractivity contribution in [3.8, 4) is 0 Å². The molecule has 0 bridgehead atoms. The molecule has 5 heteroatoms. The lowest BCUT2D eigenvalue weighted by Crippen LogP contribution is -2.37. The summed E-state index contributed by atoms with van der Waals surface area (Å²) in [4.78, 5) is 20.3. The Hall–Kier alpha value is -3.34. The van der Waals surface area contributed by atoms with Gasteiger partial charge in [-0.3, -0.25) is 4.79 Å². The molecular weight excluding hydrogens is 340 g/mol. The molecular formula is C22H20N2O3. The van der Waals surface area contributed by atoms with Crippen molar-refractivity contribution in [2.24, 2.45) is 5.16 Å². The lowest BCUT2D eigenvalue weighted by atomic mass is 10.0. The van der Waals surface area contributed by atoms with Crippen LogP contribution in [0.4, 0.5) is 0 Å². The molecule has 136 valence electrons. The predicted octanol–water partition coefficient (Wildman–Crippen LogP) is 4.12. The fourth-order valence-corrected chi connectivity index (χ4v) is 3.15. The van der Waals surface area contributed by atoms with E-state index in [0.29, 0.717) is 25.3 Å². The third-order valence-electron chi connectivity index (χ3n) is 4.50. The molecule has 0 spiro atoms. The number of carbonyl (C=O) groups is 1. The zero-order chi connectivity index (χ0) is 18.5. The van der Waals surface area contributed by atoms with Crippen LogP contribution in [0, 0.1) is 0 Å². The van der Waals surface area contributed by atoms with Crippen LogP contribution in [0.15, 0.2) is 88.6 Å². The van der Waals surface area contributed by atoms with Gasteiger partial charge >= 0.3 is 0 Å². The summed E-state index contributed by atoms with van der Waals surface area (Å²) in [5.74, 6) is 0.175. The topological polar surface area (TPSA) is 55.0 Å². The van der Waals surface area contributed by atoms with Crippen LogP contribution in [0.2, 0.25) is 0 Å². The van der Waals surface area contributed by atoms with Gasteiger partial charge in [-0.05, 0) is 23.3 Å². The van der Waals surface area contributed by atoms with Crippen molar-refractivity contribution >= 4 is 11.6 Å². The number of benzene rings is 2. The fourth-order valence-electron chi connectivity index (χ4n) is 3.15. The van der Waals surface area contributed by atoms with Crippen molar-refractivity contribution in [2.45, 2.75) is 19.1 Å². The average molecular weight is 360 g/mol. The maximum Gasteiger partial charge on any atom is 0.289 e. The van der Waals surface area contributed by atoms with Gasteiger partial charge in [-0.15, -0.1) is 0 Å². The van der Waals surface area contributed by atoms with Crippen LogP contribution in [-0.4, -0.2) is 29.2 Å². The van der Waals surface area contributed by atoms with Crippen LogP contribution in [0.25, 0.3) is 0 Å². The van der Waals surface area contributed by atoms with Gasteiger partial charge in [0.15, 0.2) is 11.9 Å². The Morgan fingerprint density at radius 1 is 1.00 bits per heavy atom. The molecule has 1 amide bonds. The van der Waals surface area contributed by atoms with Crippen molar-refractivity contribution in [3.63, 3.8) is 0 Å². The predicted molar refractivity (Wildman–Crippen MR) is 102 cm³/mol. The van der Waals surface area contributed by atoms with Gasteiger partial charge in [-0.1, -0.05) is 65.8 Å². The zero-order valence-electron chi connectivity index (χ0n) is 14.8. The van der Waals surface area contributed by atoms with Gasteiger partial charge in [0.05, 0.1) is 18.5 Å². The van der Waals surface area contributed by atoms with Gasteiger partial charge in [0.2, 0.25) is 0 Å². The highest BCUT2D eigenvalue weighted by atomic mass is 16.6. The number of oxime groups is 1. The van der Waals surface area contributed by atoms with Gasteiger partial charge in [0, 0.05) is 13.0 Å². The normalized spacial score (nSPS) is 15.9. The molecule has 2 aromatic carbocycles. The molecule has 5 nitrogen and oxygen atoms in total. The van der Waals surface area contributed by atoms with E-state index >= 15 is 0 Å². The molecule has 0 unspecified atom stereocenters. The Morgan fingerprint density at radius 3 is 2.44 bits per heavy atom. The van der Waals surface area contributed by atoms with E-state index in [2.05, 4.69) is 5.16 Å². The highest BCUT2D eigenvalue weighted by molar-refractivity contribution is 6.01. The summed E-state index contributed by atoms with van der Waals surface area (Å²) in [5, 5.41) is 4.22.